The van der Waals surface area contributed by atoms with Crippen LogP contribution in [0.25, 0.3) is 0 Å². The molecular weight excluding hydrogens is 322 g/mol. The van der Waals surface area contributed by atoms with Gasteiger partial charge in [-0.05, 0) is 19.3 Å². The molecule has 0 bridgehead atoms. The molecule has 0 amide bonds. The van der Waals surface area contributed by atoms with Crippen LogP contribution in [-0.2, 0) is 23.7 Å². The molecule has 4 atom stereocenters. The van der Waals surface area contributed by atoms with Crippen LogP contribution >= 0.6 is 0 Å². The Morgan fingerprint density at radius 3 is 2.00 bits per heavy atom. The molecule has 1 N–H and O–H groups in total. The minimum atomic E-state index is -0.588. The van der Waals surface area contributed by atoms with Gasteiger partial charge in [0.25, 0.3) is 0 Å². The lowest BCUT2D eigenvalue weighted by atomic mass is 9.99. The summed E-state index contributed by atoms with van der Waals surface area (Å²) in [6.45, 7) is 8.66. The molecule has 0 aromatic rings. The standard InChI is InChI=1S/C19H37NO5/c1-5-8-11-22-14-15-17(23-12-9-6-2)16(20)18(19(21-4)25-15)24-13-10-7-3/h15,17-20H,5-14H2,1-4H3/t15?,17-,18-,19+/m0/s1. The highest BCUT2D eigenvalue weighted by molar-refractivity contribution is 5.91. The molecule has 1 unspecified atom stereocenters. The Morgan fingerprint density at radius 2 is 1.44 bits per heavy atom. The monoisotopic (exact) mass is 359 g/mol. The highest BCUT2D eigenvalue weighted by Crippen LogP contribution is 2.24. The van der Waals surface area contributed by atoms with Gasteiger partial charge in [-0.15, -0.1) is 0 Å². The molecule has 6 heteroatoms. The lowest BCUT2D eigenvalue weighted by Gasteiger charge is -2.40. The summed E-state index contributed by atoms with van der Waals surface area (Å²) in [6.07, 6.45) is 4.23. The highest BCUT2D eigenvalue weighted by Gasteiger charge is 2.44. The van der Waals surface area contributed by atoms with Gasteiger partial charge >= 0.3 is 0 Å². The zero-order valence-corrected chi connectivity index (χ0v) is 16.4. The molecule has 0 aromatic heterocycles. The van der Waals surface area contributed by atoms with Crippen LogP contribution in [0.1, 0.15) is 59.3 Å². The Morgan fingerprint density at radius 1 is 0.880 bits per heavy atom. The van der Waals surface area contributed by atoms with Gasteiger partial charge in [-0.1, -0.05) is 40.0 Å². The van der Waals surface area contributed by atoms with Crippen LogP contribution in [-0.4, -0.2) is 63.9 Å². The van der Waals surface area contributed by atoms with E-state index in [1.807, 2.05) is 0 Å². The quantitative estimate of drug-likeness (QED) is 0.480. The zero-order chi connectivity index (χ0) is 18.5. The molecule has 1 aliphatic rings. The summed E-state index contributed by atoms with van der Waals surface area (Å²) in [5.41, 5.74) is 0.398. The Kier molecular flexibility index (Phi) is 12.3. The molecule has 1 fully saturated rings. The van der Waals surface area contributed by atoms with Gasteiger partial charge in [-0.2, -0.15) is 0 Å². The first-order valence-electron chi connectivity index (χ1n) is 9.77. The van der Waals surface area contributed by atoms with Gasteiger partial charge in [0.05, 0.1) is 12.3 Å². The summed E-state index contributed by atoms with van der Waals surface area (Å²) in [4.78, 5) is 0. The van der Waals surface area contributed by atoms with Crippen LogP contribution in [0.3, 0.4) is 0 Å². The van der Waals surface area contributed by atoms with Gasteiger partial charge in [-0.3, -0.25) is 0 Å². The third-order valence-electron chi connectivity index (χ3n) is 4.25. The normalized spacial score (nSPS) is 27.0. The van der Waals surface area contributed by atoms with Gasteiger partial charge < -0.3 is 29.1 Å². The Balaban J connectivity index is 2.71. The Bertz CT molecular complexity index is 353. The third-order valence-corrected chi connectivity index (χ3v) is 4.25. The van der Waals surface area contributed by atoms with E-state index < -0.39 is 18.5 Å². The highest BCUT2D eigenvalue weighted by atomic mass is 16.7. The van der Waals surface area contributed by atoms with Crippen LogP contribution in [0.4, 0.5) is 0 Å². The minimum Gasteiger partial charge on any atom is -0.379 e. The molecule has 1 heterocycles. The van der Waals surface area contributed by atoms with E-state index in [4.69, 9.17) is 29.1 Å². The molecule has 0 aromatic carbocycles. The van der Waals surface area contributed by atoms with Crippen molar-refractivity contribution in [2.45, 2.75) is 83.9 Å². The summed E-state index contributed by atoms with van der Waals surface area (Å²) in [6, 6.07) is 0. The molecular formula is C19H37NO5. The van der Waals surface area contributed by atoms with Crippen LogP contribution in [0.5, 0.6) is 0 Å². The summed E-state index contributed by atoms with van der Waals surface area (Å²) >= 11 is 0. The SMILES string of the molecule is CCCCOCC1O[C@@H](OC)[C@@H](OCCCC)C(=N)[C@H]1OCCCC. The maximum atomic E-state index is 8.59. The second-order valence-corrected chi connectivity index (χ2v) is 6.45. The average Bonchev–Trinajstić information content (AvgIpc) is 2.62. The first kappa shape index (κ1) is 22.5. The van der Waals surface area contributed by atoms with Gasteiger partial charge in [-0.25, -0.2) is 0 Å². The summed E-state index contributed by atoms with van der Waals surface area (Å²) in [5.74, 6) is 0. The molecule has 25 heavy (non-hydrogen) atoms. The van der Waals surface area contributed by atoms with Crippen LogP contribution < -0.4 is 0 Å². The Hall–Kier alpha value is -0.530. The fourth-order valence-electron chi connectivity index (χ4n) is 2.65. The third kappa shape index (κ3) is 7.71. The first-order chi connectivity index (χ1) is 12.2. The van der Waals surface area contributed by atoms with Gasteiger partial charge in [0.1, 0.15) is 18.3 Å². The van der Waals surface area contributed by atoms with Gasteiger partial charge in [0, 0.05) is 26.9 Å². The lowest BCUT2D eigenvalue weighted by molar-refractivity contribution is -0.240. The first-order valence-corrected chi connectivity index (χ1v) is 9.77. The smallest absolute Gasteiger partial charge is 0.189 e. The number of rotatable bonds is 14. The van der Waals surface area contributed by atoms with E-state index in [0.29, 0.717) is 32.1 Å². The number of hydrogen-bond acceptors (Lipinski definition) is 6. The maximum absolute atomic E-state index is 8.59. The van der Waals surface area contributed by atoms with E-state index in [9.17, 15) is 0 Å². The number of ether oxygens (including phenoxy) is 5. The van der Waals surface area contributed by atoms with Crippen LogP contribution in [0.15, 0.2) is 0 Å². The van der Waals surface area contributed by atoms with Crippen molar-refractivity contribution < 1.29 is 23.7 Å². The summed E-state index contributed by atoms with van der Waals surface area (Å²) in [7, 11) is 1.58. The van der Waals surface area contributed by atoms with Crippen molar-refractivity contribution in [3.63, 3.8) is 0 Å². The van der Waals surface area contributed by atoms with Gasteiger partial charge in [0.2, 0.25) is 0 Å². The molecule has 0 aliphatic carbocycles. The Labute approximate surface area is 153 Å². The summed E-state index contributed by atoms with van der Waals surface area (Å²) in [5, 5.41) is 8.59. The van der Waals surface area contributed by atoms with Crippen molar-refractivity contribution in [1.82, 2.24) is 0 Å². The fourth-order valence-corrected chi connectivity index (χ4v) is 2.65. The van der Waals surface area contributed by atoms with E-state index in [1.165, 1.54) is 0 Å². The van der Waals surface area contributed by atoms with Gasteiger partial charge in [0.15, 0.2) is 6.29 Å². The predicted molar refractivity (Wildman–Crippen MR) is 98.4 cm³/mol. The number of nitrogens with one attached hydrogen (secondary N) is 1. The molecule has 0 saturated carbocycles. The molecule has 148 valence electrons. The zero-order valence-electron chi connectivity index (χ0n) is 16.4. The molecule has 0 radical (unpaired) electrons. The fraction of sp³-hybridized carbons (Fsp3) is 0.947. The van der Waals surface area contributed by atoms with Crippen LogP contribution in [0, 0.1) is 5.41 Å². The minimum absolute atomic E-state index is 0.336. The lowest BCUT2D eigenvalue weighted by Crippen LogP contribution is -2.58. The second kappa shape index (κ2) is 13.6. The maximum Gasteiger partial charge on any atom is 0.189 e. The average molecular weight is 360 g/mol. The molecule has 0 spiro atoms. The predicted octanol–water partition coefficient (Wildman–Crippen LogP) is 3.56. The van der Waals surface area contributed by atoms with E-state index in [2.05, 4.69) is 20.8 Å². The van der Waals surface area contributed by atoms with E-state index in [0.717, 1.165) is 38.5 Å². The number of methoxy groups -OCH3 is 1. The molecule has 1 rings (SSSR count). The van der Waals surface area contributed by atoms with Crippen molar-refractivity contribution in [3.05, 3.63) is 0 Å². The van der Waals surface area contributed by atoms with Crippen molar-refractivity contribution in [2.24, 2.45) is 0 Å². The van der Waals surface area contributed by atoms with Crippen molar-refractivity contribution >= 4 is 5.71 Å². The summed E-state index contributed by atoms with van der Waals surface area (Å²) < 4.78 is 29.0. The second-order valence-electron chi connectivity index (χ2n) is 6.45. The van der Waals surface area contributed by atoms with E-state index in [1.54, 1.807) is 7.11 Å². The van der Waals surface area contributed by atoms with Crippen molar-refractivity contribution in [1.29, 1.82) is 5.41 Å². The molecule has 1 aliphatic heterocycles. The number of hydrogen-bond donors (Lipinski definition) is 1. The van der Waals surface area contributed by atoms with Crippen LogP contribution in [0.2, 0.25) is 0 Å². The largest absolute Gasteiger partial charge is 0.379 e. The van der Waals surface area contributed by atoms with Crippen molar-refractivity contribution in [2.75, 3.05) is 33.5 Å². The topological polar surface area (TPSA) is 70.0 Å². The molecule has 6 nitrogen and oxygen atoms in total. The van der Waals surface area contributed by atoms with E-state index in [-0.39, 0.29) is 6.10 Å². The van der Waals surface area contributed by atoms with Crippen molar-refractivity contribution in [3.8, 4) is 0 Å². The molecule has 1 saturated heterocycles. The van der Waals surface area contributed by atoms with E-state index >= 15 is 0 Å². The number of unbranched alkanes of at least 4 members (excludes halogenated alkanes) is 3.